The van der Waals surface area contributed by atoms with Crippen molar-refractivity contribution in [2.75, 3.05) is 19.6 Å². The Hall–Kier alpha value is -9.10. The van der Waals surface area contributed by atoms with Crippen LogP contribution in [0.5, 0.6) is 5.75 Å². The van der Waals surface area contributed by atoms with E-state index in [1.54, 1.807) is 0 Å². The SMILES string of the molecule is Sc1cc2c(cc1B1Oc3ccccc3-c3cc(N(c4ccccc4)c4ccccc4)ccc31)B1c3ccccc3N(c3ccccc3)c3cc(N(c4ccccc4)c4ccccc4)cc(c31)N2c1ccccc1. The third-order valence-corrected chi connectivity index (χ3v) is 15.1. The fourth-order valence-electron chi connectivity index (χ4n) is 11.6. The van der Waals surface area contributed by atoms with E-state index in [-0.39, 0.29) is 6.71 Å². The fraction of sp³-hybridized carbons (Fsp3) is 0. The molecule has 0 unspecified atom stereocenters. The van der Waals surface area contributed by atoms with Gasteiger partial charge in [-0.15, -0.1) is 12.6 Å². The quantitative estimate of drug-likeness (QED) is 0.115. The molecule has 0 N–H and O–H groups in total. The van der Waals surface area contributed by atoms with E-state index in [0.717, 1.165) is 101 Å². The summed E-state index contributed by atoms with van der Waals surface area (Å²) in [5, 5.41) is 0. The Labute approximate surface area is 438 Å². The Balaban J connectivity index is 1.01. The summed E-state index contributed by atoms with van der Waals surface area (Å²) in [6, 6.07) is 97.9. The van der Waals surface area contributed by atoms with Crippen LogP contribution >= 0.6 is 12.6 Å². The molecule has 8 heteroatoms. The van der Waals surface area contributed by atoms with Gasteiger partial charge in [-0.1, -0.05) is 158 Å². The van der Waals surface area contributed by atoms with Gasteiger partial charge < -0.3 is 24.3 Å². The van der Waals surface area contributed by atoms with Crippen molar-refractivity contribution in [3.8, 4) is 16.9 Å². The van der Waals surface area contributed by atoms with Crippen LogP contribution in [0.4, 0.5) is 68.2 Å². The van der Waals surface area contributed by atoms with Crippen molar-refractivity contribution in [3.63, 3.8) is 0 Å². The molecule has 11 aromatic rings. The van der Waals surface area contributed by atoms with Gasteiger partial charge >= 0.3 is 6.92 Å². The maximum absolute atomic E-state index is 7.25. The molecule has 11 aromatic carbocycles. The minimum Gasteiger partial charge on any atom is -0.551 e. The molecule has 0 bridgehead atoms. The first kappa shape index (κ1) is 43.7. The molecule has 0 spiro atoms. The average molecular weight is 965 g/mol. The fourth-order valence-corrected chi connectivity index (χ4v) is 11.9. The Kier molecular flexibility index (Phi) is 10.7. The third-order valence-electron chi connectivity index (χ3n) is 14.7. The van der Waals surface area contributed by atoms with Crippen LogP contribution in [-0.2, 0) is 0 Å². The van der Waals surface area contributed by atoms with Crippen LogP contribution in [0.2, 0.25) is 0 Å². The van der Waals surface area contributed by atoms with E-state index in [1.807, 2.05) is 0 Å². The number of benzene rings is 11. The second-order valence-corrected chi connectivity index (χ2v) is 19.5. The van der Waals surface area contributed by atoms with E-state index in [1.165, 1.54) is 16.4 Å². The maximum Gasteiger partial charge on any atom is 0.428 e. The summed E-state index contributed by atoms with van der Waals surface area (Å²) in [5.41, 5.74) is 21.0. The standard InChI is InChI=1S/C66H46B2N4OS/c74-65-45-61-58(44-59(65)68-56-40-39-52(41-55(56)54-35-19-22-38-64(54)73-68)69(46-23-7-1-8-24-46)47-25-9-2-10-26-47)67-57-36-20-21-37-60(57)71(50-31-15-5-16-32-50)62-42-53(43-63(66(62)67)72(61)51-33-17-6-18-34-51)70(48-27-11-3-12-28-48)49-29-13-4-14-30-49/h1-45,74H. The summed E-state index contributed by atoms with van der Waals surface area (Å²) >= 11 is 5.50. The molecule has 0 saturated heterocycles. The Morgan fingerprint density at radius 2 is 0.797 bits per heavy atom. The summed E-state index contributed by atoms with van der Waals surface area (Å²) in [7, 11) is 0. The lowest BCUT2D eigenvalue weighted by Gasteiger charge is -2.45. The van der Waals surface area contributed by atoms with E-state index in [4.69, 9.17) is 17.3 Å². The lowest BCUT2D eigenvalue weighted by atomic mass is 9.33. The van der Waals surface area contributed by atoms with Crippen molar-refractivity contribution < 1.29 is 4.65 Å². The monoisotopic (exact) mass is 964 g/mol. The number of hydrogen-bond donors (Lipinski definition) is 1. The highest BCUT2D eigenvalue weighted by molar-refractivity contribution is 7.80. The molecule has 0 aliphatic carbocycles. The molecule has 0 atom stereocenters. The number of thiol groups is 1. The second kappa shape index (κ2) is 18.2. The molecule has 0 radical (unpaired) electrons. The van der Waals surface area contributed by atoms with Crippen molar-refractivity contribution >= 4 is 122 Å². The van der Waals surface area contributed by atoms with Crippen LogP contribution in [0.1, 0.15) is 0 Å². The maximum atomic E-state index is 7.25. The van der Waals surface area contributed by atoms with Gasteiger partial charge in [-0.3, -0.25) is 0 Å². The Morgan fingerprint density at radius 3 is 1.36 bits per heavy atom. The molecule has 0 amide bonds. The number of fused-ring (bicyclic) bond motifs is 7. The average Bonchev–Trinajstić information content (AvgIpc) is 3.55. The van der Waals surface area contributed by atoms with Gasteiger partial charge in [0.25, 0.3) is 6.71 Å². The van der Waals surface area contributed by atoms with Crippen LogP contribution in [0.15, 0.2) is 278 Å². The Morgan fingerprint density at radius 1 is 0.324 bits per heavy atom. The minimum absolute atomic E-state index is 0.141. The molecule has 74 heavy (non-hydrogen) atoms. The lowest BCUT2D eigenvalue weighted by molar-refractivity contribution is 0.590. The van der Waals surface area contributed by atoms with E-state index in [0.29, 0.717) is 0 Å². The van der Waals surface area contributed by atoms with Crippen LogP contribution in [0, 0.1) is 0 Å². The summed E-state index contributed by atoms with van der Waals surface area (Å²) in [6.07, 6.45) is 0. The summed E-state index contributed by atoms with van der Waals surface area (Å²) < 4.78 is 7.25. The van der Waals surface area contributed by atoms with Gasteiger partial charge in [0, 0.05) is 73.0 Å². The molecule has 14 rings (SSSR count). The summed E-state index contributed by atoms with van der Waals surface area (Å²) in [6.45, 7) is -0.593. The zero-order chi connectivity index (χ0) is 49.1. The molecule has 0 aromatic heterocycles. The van der Waals surface area contributed by atoms with E-state index >= 15 is 0 Å². The first-order valence-electron chi connectivity index (χ1n) is 25.2. The normalized spacial score (nSPS) is 12.7. The molecule has 0 saturated carbocycles. The third kappa shape index (κ3) is 7.28. The van der Waals surface area contributed by atoms with E-state index in [2.05, 4.69) is 293 Å². The zero-order valence-electron chi connectivity index (χ0n) is 40.3. The molecule has 3 aliphatic heterocycles. The first-order chi connectivity index (χ1) is 36.7. The van der Waals surface area contributed by atoms with Gasteiger partial charge in [-0.05, 0) is 148 Å². The molecule has 3 heterocycles. The predicted molar refractivity (Wildman–Crippen MR) is 315 cm³/mol. The van der Waals surface area contributed by atoms with Crippen molar-refractivity contribution in [1.29, 1.82) is 0 Å². The van der Waals surface area contributed by atoms with Crippen LogP contribution in [0.3, 0.4) is 0 Å². The number of rotatable bonds is 9. The minimum atomic E-state index is -0.452. The van der Waals surface area contributed by atoms with Crippen molar-refractivity contribution in [1.82, 2.24) is 0 Å². The number of hydrogen-bond acceptors (Lipinski definition) is 6. The number of para-hydroxylation sites is 8. The van der Waals surface area contributed by atoms with E-state index in [9.17, 15) is 0 Å². The Bertz CT molecular complexity index is 3790. The van der Waals surface area contributed by atoms with Crippen molar-refractivity contribution in [2.24, 2.45) is 0 Å². The van der Waals surface area contributed by atoms with Gasteiger partial charge in [0.2, 0.25) is 0 Å². The van der Waals surface area contributed by atoms with Gasteiger partial charge in [0.15, 0.2) is 0 Å². The first-order valence-corrected chi connectivity index (χ1v) is 25.7. The van der Waals surface area contributed by atoms with Gasteiger partial charge in [-0.25, -0.2) is 0 Å². The predicted octanol–water partition coefficient (Wildman–Crippen LogP) is 14.2. The molecular formula is C66H46B2N4OS. The molecular weight excluding hydrogens is 918 g/mol. The zero-order valence-corrected chi connectivity index (χ0v) is 41.2. The highest BCUT2D eigenvalue weighted by Gasteiger charge is 2.45. The van der Waals surface area contributed by atoms with Crippen LogP contribution < -0.4 is 51.6 Å². The van der Waals surface area contributed by atoms with Gasteiger partial charge in [0.1, 0.15) is 5.75 Å². The number of nitrogens with zero attached hydrogens (tertiary/aromatic N) is 4. The summed E-state index contributed by atoms with van der Waals surface area (Å²) in [4.78, 5) is 10.5. The highest BCUT2D eigenvalue weighted by atomic mass is 32.1. The molecule has 348 valence electrons. The van der Waals surface area contributed by atoms with Crippen LogP contribution in [0.25, 0.3) is 11.1 Å². The van der Waals surface area contributed by atoms with Crippen LogP contribution in [-0.4, -0.2) is 13.6 Å². The smallest absolute Gasteiger partial charge is 0.428 e. The molecule has 5 nitrogen and oxygen atoms in total. The topological polar surface area (TPSA) is 22.2 Å². The van der Waals surface area contributed by atoms with Gasteiger partial charge in [0.05, 0.1) is 5.69 Å². The molecule has 0 fully saturated rings. The van der Waals surface area contributed by atoms with E-state index < -0.39 is 6.92 Å². The highest BCUT2D eigenvalue weighted by Crippen LogP contribution is 2.48. The molecule has 3 aliphatic rings. The van der Waals surface area contributed by atoms with Crippen molar-refractivity contribution in [3.05, 3.63) is 273 Å². The lowest BCUT2D eigenvalue weighted by Crippen LogP contribution is -2.63. The summed E-state index contributed by atoms with van der Waals surface area (Å²) in [5.74, 6) is 0.840. The number of anilines is 12. The largest absolute Gasteiger partial charge is 0.551 e. The van der Waals surface area contributed by atoms with Crippen molar-refractivity contribution in [2.45, 2.75) is 4.90 Å². The second-order valence-electron chi connectivity index (χ2n) is 19.0. The van der Waals surface area contributed by atoms with Gasteiger partial charge in [-0.2, -0.15) is 0 Å².